The van der Waals surface area contributed by atoms with Crippen LogP contribution in [0.25, 0.3) is 0 Å². The maximum Gasteiger partial charge on any atom is 0.234 e. The van der Waals surface area contributed by atoms with E-state index in [0.29, 0.717) is 19.0 Å². The van der Waals surface area contributed by atoms with Crippen LogP contribution in [0.4, 0.5) is 0 Å². The van der Waals surface area contributed by atoms with Gasteiger partial charge in [-0.15, -0.1) is 11.3 Å². The molecule has 1 aliphatic rings. The number of methoxy groups -OCH3 is 1. The Kier molecular flexibility index (Phi) is 4.70. The first-order valence-corrected chi connectivity index (χ1v) is 8.16. The van der Waals surface area contributed by atoms with Crippen molar-refractivity contribution < 1.29 is 9.53 Å². The quantitative estimate of drug-likeness (QED) is 0.914. The van der Waals surface area contributed by atoms with Crippen molar-refractivity contribution in [3.63, 3.8) is 0 Å². The molecule has 0 fully saturated rings. The molecule has 5 nitrogen and oxygen atoms in total. The van der Waals surface area contributed by atoms with Crippen molar-refractivity contribution in [2.24, 2.45) is 0 Å². The van der Waals surface area contributed by atoms with Crippen LogP contribution in [0.1, 0.15) is 16.0 Å². The van der Waals surface area contributed by atoms with Crippen LogP contribution in [-0.4, -0.2) is 36.0 Å². The Hall–Kier alpha value is -1.92. The van der Waals surface area contributed by atoms with Crippen molar-refractivity contribution in [1.29, 1.82) is 0 Å². The number of nitrogens with zero attached hydrogens (tertiary/aromatic N) is 2. The van der Waals surface area contributed by atoms with E-state index >= 15 is 0 Å². The molecule has 1 aliphatic heterocycles. The number of thiophene rings is 1. The molecule has 6 heteroatoms. The lowest BCUT2D eigenvalue weighted by Gasteiger charge is -2.26. The minimum absolute atomic E-state index is 0.0504. The van der Waals surface area contributed by atoms with Gasteiger partial charge in [0.25, 0.3) is 0 Å². The van der Waals surface area contributed by atoms with Crippen LogP contribution >= 0.6 is 11.3 Å². The van der Waals surface area contributed by atoms with E-state index in [2.05, 4.69) is 26.6 Å². The number of hydrogen-bond donors (Lipinski definition) is 1. The molecular weight excluding hydrogens is 298 g/mol. The lowest BCUT2D eigenvalue weighted by atomic mass is 10.1. The average Bonchev–Trinajstić information content (AvgIpc) is 3.01. The van der Waals surface area contributed by atoms with Crippen LogP contribution in [0, 0.1) is 0 Å². The Balaban J connectivity index is 1.49. The highest BCUT2D eigenvalue weighted by Crippen LogP contribution is 2.23. The number of rotatable bonds is 5. The Bertz CT molecular complexity index is 656. The molecule has 0 spiro atoms. The highest BCUT2D eigenvalue weighted by Gasteiger charge is 2.18. The summed E-state index contributed by atoms with van der Waals surface area (Å²) in [5.74, 6) is 0.613. The number of carbonyl (C=O) groups is 1. The molecule has 0 aliphatic carbocycles. The molecule has 3 heterocycles. The summed E-state index contributed by atoms with van der Waals surface area (Å²) in [6.07, 6.45) is 2.73. The summed E-state index contributed by atoms with van der Waals surface area (Å²) in [7, 11) is 1.58. The number of aromatic nitrogens is 1. The molecule has 0 atom stereocenters. The topological polar surface area (TPSA) is 54.5 Å². The fraction of sp³-hybridized carbons (Fsp3) is 0.375. The number of pyridine rings is 1. The van der Waals surface area contributed by atoms with E-state index < -0.39 is 0 Å². The first-order chi connectivity index (χ1) is 10.7. The second-order valence-electron chi connectivity index (χ2n) is 5.31. The summed E-state index contributed by atoms with van der Waals surface area (Å²) in [6.45, 7) is 2.76. The van der Waals surface area contributed by atoms with E-state index in [1.807, 2.05) is 23.5 Å². The molecule has 2 aromatic rings. The van der Waals surface area contributed by atoms with E-state index in [4.69, 9.17) is 4.74 Å². The molecule has 0 bridgehead atoms. The second-order valence-corrected chi connectivity index (χ2v) is 6.31. The minimum Gasteiger partial charge on any atom is -0.481 e. The first kappa shape index (κ1) is 15.0. The zero-order chi connectivity index (χ0) is 15.4. The van der Waals surface area contributed by atoms with Gasteiger partial charge in [0.1, 0.15) is 0 Å². The number of ether oxygens (including phenoxy) is 1. The number of nitrogens with one attached hydrogen (secondary N) is 1. The van der Waals surface area contributed by atoms with Gasteiger partial charge in [-0.1, -0.05) is 0 Å². The highest BCUT2D eigenvalue weighted by atomic mass is 32.1. The summed E-state index contributed by atoms with van der Waals surface area (Å²) >= 11 is 1.81. The predicted molar refractivity (Wildman–Crippen MR) is 85.9 cm³/mol. The van der Waals surface area contributed by atoms with Gasteiger partial charge >= 0.3 is 0 Å². The molecule has 116 valence electrons. The zero-order valence-electron chi connectivity index (χ0n) is 12.5. The number of fused-ring (bicyclic) bond motifs is 1. The maximum absolute atomic E-state index is 12.1. The van der Waals surface area contributed by atoms with E-state index in [9.17, 15) is 4.79 Å². The van der Waals surface area contributed by atoms with Crippen molar-refractivity contribution >= 4 is 17.2 Å². The van der Waals surface area contributed by atoms with E-state index in [-0.39, 0.29) is 5.91 Å². The monoisotopic (exact) mass is 317 g/mol. The largest absolute Gasteiger partial charge is 0.481 e. The molecule has 0 unspecified atom stereocenters. The lowest BCUT2D eigenvalue weighted by Crippen LogP contribution is -2.39. The van der Waals surface area contributed by atoms with Crippen molar-refractivity contribution in [2.75, 3.05) is 20.2 Å². The predicted octanol–water partition coefficient (Wildman–Crippen LogP) is 1.83. The van der Waals surface area contributed by atoms with E-state index in [1.54, 1.807) is 13.3 Å². The van der Waals surface area contributed by atoms with Crippen molar-refractivity contribution in [2.45, 2.75) is 19.5 Å². The number of carbonyl (C=O) groups excluding carboxylic acids is 1. The molecule has 1 amide bonds. The first-order valence-electron chi connectivity index (χ1n) is 7.28. The smallest absolute Gasteiger partial charge is 0.234 e. The van der Waals surface area contributed by atoms with Gasteiger partial charge in [0.15, 0.2) is 0 Å². The molecule has 0 aromatic carbocycles. The molecule has 0 saturated carbocycles. The van der Waals surface area contributed by atoms with Gasteiger partial charge in [-0.2, -0.15) is 0 Å². The van der Waals surface area contributed by atoms with Gasteiger partial charge in [0.05, 0.1) is 13.7 Å². The third kappa shape index (κ3) is 3.64. The fourth-order valence-corrected chi connectivity index (χ4v) is 3.46. The third-order valence-corrected chi connectivity index (χ3v) is 4.78. The van der Waals surface area contributed by atoms with Gasteiger partial charge in [-0.05, 0) is 35.1 Å². The summed E-state index contributed by atoms with van der Waals surface area (Å²) < 4.78 is 5.08. The average molecular weight is 317 g/mol. The Morgan fingerprint density at radius 2 is 2.41 bits per heavy atom. The highest BCUT2D eigenvalue weighted by molar-refractivity contribution is 7.10. The Morgan fingerprint density at radius 3 is 3.27 bits per heavy atom. The van der Waals surface area contributed by atoms with Gasteiger partial charge in [-0.25, -0.2) is 4.98 Å². The van der Waals surface area contributed by atoms with Crippen LogP contribution in [0.3, 0.4) is 0 Å². The van der Waals surface area contributed by atoms with E-state index in [1.165, 1.54) is 10.4 Å². The SMILES string of the molecule is COc1cc(CNC(=O)CN2CCc3sccc3C2)ccn1. The molecule has 1 N–H and O–H groups in total. The Labute approximate surface area is 133 Å². The van der Waals surface area contributed by atoms with Gasteiger partial charge in [0.2, 0.25) is 11.8 Å². The Morgan fingerprint density at radius 1 is 1.50 bits per heavy atom. The van der Waals surface area contributed by atoms with Gasteiger partial charge in [-0.3, -0.25) is 9.69 Å². The third-order valence-electron chi connectivity index (χ3n) is 3.75. The number of hydrogen-bond acceptors (Lipinski definition) is 5. The van der Waals surface area contributed by atoms with Crippen molar-refractivity contribution in [1.82, 2.24) is 15.2 Å². The van der Waals surface area contributed by atoms with Gasteiger partial charge < -0.3 is 10.1 Å². The molecular formula is C16H19N3O2S. The molecule has 0 radical (unpaired) electrons. The van der Waals surface area contributed by atoms with Crippen molar-refractivity contribution in [3.05, 3.63) is 45.8 Å². The normalized spacial score (nSPS) is 14.4. The summed E-state index contributed by atoms with van der Waals surface area (Å²) in [5, 5.41) is 5.08. The van der Waals surface area contributed by atoms with Gasteiger partial charge in [0, 0.05) is 36.8 Å². The molecule has 3 rings (SSSR count). The fourth-order valence-electron chi connectivity index (χ4n) is 2.57. The minimum atomic E-state index is 0.0504. The molecule has 0 saturated heterocycles. The standard InChI is InChI=1S/C16H19N3O2S/c1-21-16-8-12(2-5-17-16)9-18-15(20)11-19-6-3-14-13(10-19)4-7-22-14/h2,4-5,7-8H,3,6,9-11H2,1H3,(H,18,20). The summed E-state index contributed by atoms with van der Waals surface area (Å²) in [5.41, 5.74) is 2.35. The van der Waals surface area contributed by atoms with Crippen LogP contribution in [0.15, 0.2) is 29.8 Å². The summed E-state index contributed by atoms with van der Waals surface area (Å²) in [4.78, 5) is 19.8. The molecule has 2 aromatic heterocycles. The number of amides is 1. The van der Waals surface area contributed by atoms with Crippen LogP contribution < -0.4 is 10.1 Å². The van der Waals surface area contributed by atoms with Crippen molar-refractivity contribution in [3.8, 4) is 5.88 Å². The zero-order valence-corrected chi connectivity index (χ0v) is 13.4. The van der Waals surface area contributed by atoms with Crippen LogP contribution in [0.2, 0.25) is 0 Å². The van der Waals surface area contributed by atoms with E-state index in [0.717, 1.165) is 25.1 Å². The summed E-state index contributed by atoms with van der Waals surface area (Å²) in [6, 6.07) is 5.87. The second kappa shape index (κ2) is 6.89. The molecule has 22 heavy (non-hydrogen) atoms. The van der Waals surface area contributed by atoms with Crippen LogP contribution in [0.5, 0.6) is 5.88 Å². The van der Waals surface area contributed by atoms with Crippen LogP contribution in [-0.2, 0) is 24.3 Å². The maximum atomic E-state index is 12.1. The lowest BCUT2D eigenvalue weighted by molar-refractivity contribution is -0.122.